The third-order valence-electron chi connectivity index (χ3n) is 4.88. The van der Waals surface area contributed by atoms with Gasteiger partial charge in [-0.2, -0.15) is 5.10 Å². The van der Waals surface area contributed by atoms with Crippen LogP contribution in [0, 0.1) is 5.92 Å². The number of fused-ring (bicyclic) bond motifs is 2. The predicted octanol–water partition coefficient (Wildman–Crippen LogP) is 2.04. The first-order chi connectivity index (χ1) is 10.2. The Labute approximate surface area is 125 Å². The fourth-order valence-corrected chi connectivity index (χ4v) is 3.67. The lowest BCUT2D eigenvalue weighted by atomic mass is 9.94. The summed E-state index contributed by atoms with van der Waals surface area (Å²) in [5.41, 5.74) is 2.28. The van der Waals surface area contributed by atoms with Gasteiger partial charge in [0.05, 0.1) is 5.69 Å². The summed E-state index contributed by atoms with van der Waals surface area (Å²) in [6.07, 6.45) is 6.46. The van der Waals surface area contributed by atoms with E-state index in [0.717, 1.165) is 42.6 Å². The zero-order chi connectivity index (χ0) is 14.4. The van der Waals surface area contributed by atoms with E-state index in [0.29, 0.717) is 12.0 Å². The van der Waals surface area contributed by atoms with Gasteiger partial charge in [-0.3, -0.25) is 0 Å². The van der Waals surface area contributed by atoms with Gasteiger partial charge in [-0.1, -0.05) is 13.8 Å². The van der Waals surface area contributed by atoms with Gasteiger partial charge in [0.2, 0.25) is 0 Å². The van der Waals surface area contributed by atoms with Gasteiger partial charge in [0.25, 0.3) is 0 Å². The molecule has 2 atom stereocenters. The van der Waals surface area contributed by atoms with Gasteiger partial charge < -0.3 is 10.2 Å². The molecule has 2 aliphatic rings. The topological polar surface area (TPSA) is 45.5 Å². The second-order valence-electron chi connectivity index (χ2n) is 6.67. The summed E-state index contributed by atoms with van der Waals surface area (Å²) in [5.74, 6) is 2.31. The van der Waals surface area contributed by atoms with E-state index in [4.69, 9.17) is 0 Å². The first-order valence-electron chi connectivity index (χ1n) is 8.05. The zero-order valence-corrected chi connectivity index (χ0v) is 12.8. The van der Waals surface area contributed by atoms with Crippen LogP contribution in [0.1, 0.15) is 38.3 Å². The molecule has 0 spiro atoms. The summed E-state index contributed by atoms with van der Waals surface area (Å²) < 4.78 is 1.98. The van der Waals surface area contributed by atoms with Crippen molar-refractivity contribution in [3.63, 3.8) is 0 Å². The number of hydrogen-bond donors (Lipinski definition) is 1. The Morgan fingerprint density at radius 2 is 2.24 bits per heavy atom. The molecule has 2 saturated heterocycles. The molecule has 0 unspecified atom stereocenters. The van der Waals surface area contributed by atoms with Crippen molar-refractivity contribution in [1.29, 1.82) is 0 Å². The maximum atomic E-state index is 4.67. The largest absolute Gasteiger partial charge is 0.353 e. The Kier molecular flexibility index (Phi) is 3.10. The van der Waals surface area contributed by atoms with Crippen molar-refractivity contribution >= 4 is 11.3 Å². The van der Waals surface area contributed by atoms with Gasteiger partial charge in [0.1, 0.15) is 5.52 Å². The van der Waals surface area contributed by atoms with Crippen LogP contribution in [0.3, 0.4) is 0 Å². The highest BCUT2D eigenvalue weighted by Crippen LogP contribution is 2.30. The standard InChI is InChI=1S/C16H23N5/c1-11(2)13-8-15-16(18-6-7-21(15)19-13)20-9-12-4-3-5-17-14(12)10-20/h6-8,11-12,14,17H,3-5,9-10H2,1-2H3/t12-,14+/m0/s1. The minimum atomic E-state index is 0.445. The number of nitrogens with one attached hydrogen (secondary N) is 1. The van der Waals surface area contributed by atoms with Gasteiger partial charge in [0, 0.05) is 31.5 Å². The molecular weight excluding hydrogens is 262 g/mol. The molecule has 112 valence electrons. The Balaban J connectivity index is 1.70. The summed E-state index contributed by atoms with van der Waals surface area (Å²) in [5, 5.41) is 8.33. The van der Waals surface area contributed by atoms with Crippen molar-refractivity contribution in [3.05, 3.63) is 24.2 Å². The first-order valence-corrected chi connectivity index (χ1v) is 8.05. The van der Waals surface area contributed by atoms with E-state index in [1.165, 1.54) is 12.8 Å². The lowest BCUT2D eigenvalue weighted by Gasteiger charge is -2.24. The number of aromatic nitrogens is 3. The maximum absolute atomic E-state index is 4.67. The van der Waals surface area contributed by atoms with E-state index in [2.05, 4.69) is 40.2 Å². The van der Waals surface area contributed by atoms with Crippen LogP contribution in [0.15, 0.2) is 18.5 Å². The van der Waals surface area contributed by atoms with E-state index in [9.17, 15) is 0 Å². The molecule has 0 radical (unpaired) electrons. The van der Waals surface area contributed by atoms with Crippen LogP contribution in [0.4, 0.5) is 5.82 Å². The summed E-state index contributed by atoms with van der Waals surface area (Å²) in [4.78, 5) is 7.10. The van der Waals surface area contributed by atoms with Gasteiger partial charge in [-0.15, -0.1) is 0 Å². The third-order valence-corrected chi connectivity index (χ3v) is 4.88. The van der Waals surface area contributed by atoms with Crippen molar-refractivity contribution in [1.82, 2.24) is 19.9 Å². The van der Waals surface area contributed by atoms with E-state index in [1.807, 2.05) is 16.9 Å². The average Bonchev–Trinajstić information content (AvgIpc) is 3.10. The molecule has 21 heavy (non-hydrogen) atoms. The van der Waals surface area contributed by atoms with Gasteiger partial charge in [0.15, 0.2) is 5.82 Å². The number of nitrogens with zero attached hydrogens (tertiary/aromatic N) is 4. The number of rotatable bonds is 2. The number of anilines is 1. The molecule has 4 rings (SSSR count). The second kappa shape index (κ2) is 4.98. The molecule has 5 nitrogen and oxygen atoms in total. The minimum absolute atomic E-state index is 0.445. The van der Waals surface area contributed by atoms with Crippen molar-refractivity contribution < 1.29 is 0 Å². The third kappa shape index (κ3) is 2.20. The first kappa shape index (κ1) is 13.1. The Morgan fingerprint density at radius 3 is 3.05 bits per heavy atom. The average molecular weight is 285 g/mol. The monoisotopic (exact) mass is 285 g/mol. The van der Waals surface area contributed by atoms with Crippen molar-refractivity contribution in [2.45, 2.75) is 38.6 Å². The molecule has 2 aromatic rings. The summed E-state index contributed by atoms with van der Waals surface area (Å²) in [6.45, 7) is 7.72. The molecule has 0 saturated carbocycles. The van der Waals surface area contributed by atoms with Crippen LogP contribution >= 0.6 is 0 Å². The van der Waals surface area contributed by atoms with Crippen molar-refractivity contribution in [2.24, 2.45) is 5.92 Å². The fraction of sp³-hybridized carbons (Fsp3) is 0.625. The number of piperidine rings is 1. The SMILES string of the molecule is CC(C)c1cc2c(N3C[C@@H]4CCCN[C@@H]4C3)nccn2n1. The minimum Gasteiger partial charge on any atom is -0.353 e. The van der Waals surface area contributed by atoms with Crippen molar-refractivity contribution in [2.75, 3.05) is 24.5 Å². The van der Waals surface area contributed by atoms with Crippen LogP contribution in [-0.2, 0) is 0 Å². The Morgan fingerprint density at radius 1 is 1.33 bits per heavy atom. The van der Waals surface area contributed by atoms with E-state index >= 15 is 0 Å². The molecular formula is C16H23N5. The molecule has 0 aromatic carbocycles. The second-order valence-corrected chi connectivity index (χ2v) is 6.67. The Hall–Kier alpha value is -1.62. The molecule has 0 bridgehead atoms. The van der Waals surface area contributed by atoms with Crippen LogP contribution in [-0.4, -0.2) is 40.3 Å². The number of hydrogen-bond acceptors (Lipinski definition) is 4. The Bertz CT molecular complexity index is 633. The maximum Gasteiger partial charge on any atom is 0.154 e. The molecule has 4 heterocycles. The van der Waals surface area contributed by atoms with Crippen molar-refractivity contribution in [3.8, 4) is 0 Å². The summed E-state index contributed by atoms with van der Waals surface area (Å²) in [7, 11) is 0. The molecule has 2 aromatic heterocycles. The smallest absolute Gasteiger partial charge is 0.154 e. The molecule has 0 aliphatic carbocycles. The quantitative estimate of drug-likeness (QED) is 0.917. The fourth-order valence-electron chi connectivity index (χ4n) is 3.67. The summed E-state index contributed by atoms with van der Waals surface area (Å²) in [6, 6.07) is 2.83. The molecule has 2 aliphatic heterocycles. The molecule has 2 fully saturated rings. The molecule has 0 amide bonds. The lowest BCUT2D eigenvalue weighted by Crippen LogP contribution is -2.40. The zero-order valence-electron chi connectivity index (χ0n) is 12.8. The van der Waals surface area contributed by atoms with Gasteiger partial charge >= 0.3 is 0 Å². The highest BCUT2D eigenvalue weighted by molar-refractivity contribution is 5.69. The normalized spacial score (nSPS) is 25.8. The molecule has 5 heteroatoms. The summed E-state index contributed by atoms with van der Waals surface area (Å²) >= 11 is 0. The van der Waals surface area contributed by atoms with Crippen LogP contribution in [0.2, 0.25) is 0 Å². The highest BCUT2D eigenvalue weighted by atomic mass is 15.3. The van der Waals surface area contributed by atoms with Crippen LogP contribution in [0.5, 0.6) is 0 Å². The van der Waals surface area contributed by atoms with Gasteiger partial charge in [-0.25, -0.2) is 9.50 Å². The predicted molar refractivity (Wildman–Crippen MR) is 83.8 cm³/mol. The van der Waals surface area contributed by atoms with Crippen LogP contribution < -0.4 is 10.2 Å². The highest BCUT2D eigenvalue weighted by Gasteiger charge is 2.35. The lowest BCUT2D eigenvalue weighted by molar-refractivity contribution is 0.340. The van der Waals surface area contributed by atoms with E-state index in [1.54, 1.807) is 0 Å². The van der Waals surface area contributed by atoms with Gasteiger partial charge in [-0.05, 0) is 37.3 Å². The molecule has 1 N–H and O–H groups in total. The van der Waals surface area contributed by atoms with E-state index < -0.39 is 0 Å². The van der Waals surface area contributed by atoms with E-state index in [-0.39, 0.29) is 0 Å². The van der Waals surface area contributed by atoms with Crippen LogP contribution in [0.25, 0.3) is 5.52 Å².